The second-order valence-corrected chi connectivity index (χ2v) is 5.87. The van der Waals surface area contributed by atoms with Crippen molar-refractivity contribution in [2.75, 3.05) is 0 Å². The predicted molar refractivity (Wildman–Crippen MR) is 83.6 cm³/mol. The zero-order valence-corrected chi connectivity index (χ0v) is 12.7. The normalized spacial score (nSPS) is 13.5. The number of hydrogen-bond donors (Lipinski definition) is 2. The zero-order valence-electron chi connectivity index (χ0n) is 12.7. The fraction of sp³-hybridized carbons (Fsp3) is 0.312. The molecule has 6 nitrogen and oxygen atoms in total. The first-order valence-corrected chi connectivity index (χ1v) is 7.13. The number of imidazole rings is 1. The number of rotatable bonds is 3. The van der Waals surface area contributed by atoms with Gasteiger partial charge in [-0.2, -0.15) is 0 Å². The van der Waals surface area contributed by atoms with E-state index >= 15 is 0 Å². The molecule has 0 bridgehead atoms. The molecule has 0 fully saturated rings. The van der Waals surface area contributed by atoms with Crippen molar-refractivity contribution in [3.8, 4) is 0 Å². The van der Waals surface area contributed by atoms with Crippen LogP contribution in [-0.2, 0) is 5.60 Å². The molecule has 22 heavy (non-hydrogen) atoms. The molecule has 2 heterocycles. The van der Waals surface area contributed by atoms with E-state index in [-0.39, 0.29) is 11.7 Å². The molecule has 0 spiro atoms. The van der Waals surface area contributed by atoms with Gasteiger partial charge in [0, 0.05) is 0 Å². The van der Waals surface area contributed by atoms with Crippen molar-refractivity contribution in [2.45, 2.75) is 32.4 Å². The summed E-state index contributed by atoms with van der Waals surface area (Å²) in [5, 5.41) is 10.1. The van der Waals surface area contributed by atoms with Gasteiger partial charge in [0.1, 0.15) is 5.60 Å². The van der Waals surface area contributed by atoms with Gasteiger partial charge in [0.25, 0.3) is 0 Å². The van der Waals surface area contributed by atoms with Gasteiger partial charge in [0.2, 0.25) is 0 Å². The van der Waals surface area contributed by atoms with Gasteiger partial charge >= 0.3 is 5.69 Å². The molecular weight excluding hydrogens is 280 g/mol. The Balaban J connectivity index is 2.20. The van der Waals surface area contributed by atoms with Gasteiger partial charge in [0.15, 0.2) is 11.3 Å². The maximum absolute atomic E-state index is 12.3. The monoisotopic (exact) mass is 298 g/mol. The molecule has 3 aromatic rings. The van der Waals surface area contributed by atoms with E-state index in [9.17, 15) is 9.90 Å². The molecule has 1 aromatic carbocycles. The number of hydrogen-bond acceptors (Lipinski definition) is 4. The van der Waals surface area contributed by atoms with Crippen LogP contribution in [0.15, 0.2) is 41.3 Å². The minimum absolute atomic E-state index is 0.186. The van der Waals surface area contributed by atoms with Gasteiger partial charge in [-0.1, -0.05) is 30.3 Å². The Hall–Kier alpha value is -2.47. The van der Waals surface area contributed by atoms with Crippen LogP contribution in [0.5, 0.6) is 0 Å². The van der Waals surface area contributed by atoms with Crippen LogP contribution in [0.4, 0.5) is 0 Å². The lowest BCUT2D eigenvalue weighted by molar-refractivity contribution is 0.0737. The van der Waals surface area contributed by atoms with Gasteiger partial charge in [0.05, 0.1) is 17.9 Å². The number of aromatic amines is 1. The molecular formula is C16H18N4O2. The van der Waals surface area contributed by atoms with Crippen LogP contribution in [-0.4, -0.2) is 24.6 Å². The van der Waals surface area contributed by atoms with E-state index in [1.165, 1.54) is 6.20 Å². The van der Waals surface area contributed by atoms with Gasteiger partial charge in [-0.05, 0) is 26.3 Å². The van der Waals surface area contributed by atoms with Crippen molar-refractivity contribution in [1.29, 1.82) is 0 Å². The van der Waals surface area contributed by atoms with Gasteiger partial charge < -0.3 is 5.11 Å². The number of aromatic nitrogens is 4. The smallest absolute Gasteiger partial charge is 0.329 e. The molecule has 0 saturated carbocycles. The lowest BCUT2D eigenvalue weighted by Crippen LogP contribution is -2.22. The highest BCUT2D eigenvalue weighted by molar-refractivity contribution is 5.66. The summed E-state index contributed by atoms with van der Waals surface area (Å²) in [6.07, 6.45) is 1.48. The highest BCUT2D eigenvalue weighted by atomic mass is 16.3. The summed E-state index contributed by atoms with van der Waals surface area (Å²) >= 11 is 0. The predicted octanol–water partition coefficient (Wildman–Crippen LogP) is 1.96. The summed E-state index contributed by atoms with van der Waals surface area (Å²) in [7, 11) is 0. The fourth-order valence-electron chi connectivity index (χ4n) is 2.43. The SMILES string of the molecule is CC(c1ccccc1)n1c(=O)[nH]c2ncc(C(C)(C)O)nc21. The Morgan fingerprint density at radius 1 is 1.27 bits per heavy atom. The van der Waals surface area contributed by atoms with Crippen molar-refractivity contribution >= 4 is 11.3 Å². The van der Waals surface area contributed by atoms with Crippen LogP contribution in [0, 0.1) is 0 Å². The van der Waals surface area contributed by atoms with Crippen molar-refractivity contribution in [2.24, 2.45) is 0 Å². The van der Waals surface area contributed by atoms with Crippen molar-refractivity contribution in [3.05, 3.63) is 58.3 Å². The highest BCUT2D eigenvalue weighted by Gasteiger charge is 2.22. The van der Waals surface area contributed by atoms with Gasteiger partial charge in [-0.25, -0.2) is 14.8 Å². The number of H-pyrrole nitrogens is 1. The average Bonchev–Trinajstić information content (AvgIpc) is 2.81. The Morgan fingerprint density at radius 2 is 1.95 bits per heavy atom. The molecule has 0 aliphatic heterocycles. The average molecular weight is 298 g/mol. The minimum atomic E-state index is -1.12. The molecule has 2 aromatic heterocycles. The van der Waals surface area contributed by atoms with E-state index in [4.69, 9.17) is 0 Å². The first kappa shape index (κ1) is 14.5. The maximum Gasteiger partial charge on any atom is 0.329 e. The number of nitrogens with one attached hydrogen (secondary N) is 1. The zero-order chi connectivity index (χ0) is 15.9. The topological polar surface area (TPSA) is 83.8 Å². The van der Waals surface area contributed by atoms with E-state index in [2.05, 4.69) is 15.0 Å². The number of nitrogens with zero attached hydrogens (tertiary/aromatic N) is 3. The molecule has 0 saturated heterocycles. The van der Waals surface area contributed by atoms with Crippen LogP contribution in [0.2, 0.25) is 0 Å². The number of aliphatic hydroxyl groups is 1. The Labute approximate surface area is 127 Å². The second kappa shape index (κ2) is 5.06. The first-order valence-electron chi connectivity index (χ1n) is 7.13. The quantitative estimate of drug-likeness (QED) is 0.774. The molecule has 1 atom stereocenters. The number of fused-ring (bicyclic) bond motifs is 1. The Kier molecular flexibility index (Phi) is 3.33. The lowest BCUT2D eigenvalue weighted by Gasteiger charge is -2.17. The Bertz CT molecular complexity index is 859. The lowest BCUT2D eigenvalue weighted by atomic mass is 10.1. The summed E-state index contributed by atoms with van der Waals surface area (Å²) in [5.74, 6) is 0. The van der Waals surface area contributed by atoms with Crippen LogP contribution < -0.4 is 5.69 Å². The molecule has 0 amide bonds. The van der Waals surface area contributed by atoms with E-state index in [0.717, 1.165) is 5.56 Å². The van der Waals surface area contributed by atoms with E-state index in [1.807, 2.05) is 37.3 Å². The van der Waals surface area contributed by atoms with Crippen LogP contribution in [0.3, 0.4) is 0 Å². The first-order chi connectivity index (χ1) is 10.4. The summed E-state index contributed by atoms with van der Waals surface area (Å²) in [4.78, 5) is 23.6. The third kappa shape index (κ3) is 2.42. The molecule has 3 rings (SSSR count). The molecule has 0 radical (unpaired) electrons. The summed E-state index contributed by atoms with van der Waals surface area (Å²) in [5.41, 5.74) is 0.907. The van der Waals surface area contributed by atoms with E-state index in [1.54, 1.807) is 18.4 Å². The largest absolute Gasteiger partial charge is 0.384 e. The molecule has 0 aliphatic carbocycles. The molecule has 6 heteroatoms. The van der Waals surface area contributed by atoms with E-state index in [0.29, 0.717) is 17.0 Å². The van der Waals surface area contributed by atoms with Crippen LogP contribution in [0.1, 0.15) is 38.1 Å². The maximum atomic E-state index is 12.3. The highest BCUT2D eigenvalue weighted by Crippen LogP contribution is 2.22. The van der Waals surface area contributed by atoms with Crippen molar-refractivity contribution in [1.82, 2.24) is 19.5 Å². The van der Waals surface area contributed by atoms with E-state index < -0.39 is 5.60 Å². The van der Waals surface area contributed by atoms with Gasteiger partial charge in [-0.3, -0.25) is 9.55 Å². The third-order valence-corrected chi connectivity index (χ3v) is 3.72. The third-order valence-electron chi connectivity index (χ3n) is 3.72. The minimum Gasteiger partial charge on any atom is -0.384 e. The summed E-state index contributed by atoms with van der Waals surface area (Å²) < 4.78 is 1.56. The molecule has 114 valence electrons. The Morgan fingerprint density at radius 3 is 2.59 bits per heavy atom. The fourth-order valence-corrected chi connectivity index (χ4v) is 2.43. The summed E-state index contributed by atoms with van der Waals surface area (Å²) in [6.45, 7) is 5.21. The second-order valence-electron chi connectivity index (χ2n) is 5.87. The molecule has 1 unspecified atom stereocenters. The number of benzene rings is 1. The van der Waals surface area contributed by atoms with Crippen LogP contribution in [0.25, 0.3) is 11.3 Å². The molecule has 2 N–H and O–H groups in total. The molecule has 0 aliphatic rings. The van der Waals surface area contributed by atoms with Crippen molar-refractivity contribution < 1.29 is 5.11 Å². The van der Waals surface area contributed by atoms with Crippen LogP contribution >= 0.6 is 0 Å². The summed E-state index contributed by atoms with van der Waals surface area (Å²) in [6, 6.07) is 9.53. The van der Waals surface area contributed by atoms with Crippen molar-refractivity contribution in [3.63, 3.8) is 0 Å². The van der Waals surface area contributed by atoms with Gasteiger partial charge in [-0.15, -0.1) is 0 Å². The standard InChI is InChI=1S/C16H18N4O2/c1-10(11-7-5-4-6-8-11)20-14-13(19-15(20)21)17-9-12(18-14)16(2,3)22/h4-10,22H,1-3H3,(H,17,19,21).